The van der Waals surface area contributed by atoms with E-state index in [4.69, 9.17) is 11.6 Å². The van der Waals surface area contributed by atoms with E-state index in [-0.39, 0.29) is 11.9 Å². The van der Waals surface area contributed by atoms with Gasteiger partial charge in [0.05, 0.1) is 6.04 Å². The second kappa shape index (κ2) is 9.54. The fraction of sp³-hybridized carbons (Fsp3) is 0.269. The van der Waals surface area contributed by atoms with Crippen LogP contribution in [0.1, 0.15) is 27.5 Å². The average molecular weight is 434 g/mol. The number of nitrogens with zero attached hydrogens (tertiary/aromatic N) is 3. The quantitative estimate of drug-likeness (QED) is 0.569. The fourth-order valence-corrected chi connectivity index (χ4v) is 4.30. The van der Waals surface area contributed by atoms with Crippen LogP contribution in [0.4, 0.5) is 5.69 Å². The zero-order chi connectivity index (χ0) is 21.8. The Morgan fingerprint density at radius 1 is 0.839 bits per heavy atom. The number of carbonyl (C=O) groups excluding carboxylic acids is 1. The van der Waals surface area contributed by atoms with Gasteiger partial charge in [0, 0.05) is 56.5 Å². The van der Waals surface area contributed by atoms with Gasteiger partial charge >= 0.3 is 0 Å². The first-order valence-electron chi connectivity index (χ1n) is 10.6. The molecule has 160 valence electrons. The molecule has 1 atom stereocenters. The van der Waals surface area contributed by atoms with Gasteiger partial charge in [-0.1, -0.05) is 60.1 Å². The largest absolute Gasteiger partial charge is 0.378 e. The van der Waals surface area contributed by atoms with Gasteiger partial charge in [-0.15, -0.1) is 0 Å². The van der Waals surface area contributed by atoms with Crippen molar-refractivity contribution in [3.63, 3.8) is 0 Å². The van der Waals surface area contributed by atoms with Crippen LogP contribution in [0.3, 0.4) is 0 Å². The van der Waals surface area contributed by atoms with E-state index in [2.05, 4.69) is 41.3 Å². The van der Waals surface area contributed by atoms with Crippen molar-refractivity contribution < 1.29 is 4.79 Å². The van der Waals surface area contributed by atoms with Crippen molar-refractivity contribution in [1.82, 2.24) is 9.80 Å². The first kappa shape index (κ1) is 21.4. The third-order valence-corrected chi connectivity index (χ3v) is 6.13. The normalized spacial score (nSPS) is 15.5. The second-order valence-corrected chi connectivity index (χ2v) is 8.57. The van der Waals surface area contributed by atoms with Crippen molar-refractivity contribution in [2.45, 2.75) is 6.04 Å². The lowest BCUT2D eigenvalue weighted by Gasteiger charge is -2.40. The maximum atomic E-state index is 13.1. The van der Waals surface area contributed by atoms with E-state index in [0.29, 0.717) is 13.1 Å². The van der Waals surface area contributed by atoms with Crippen LogP contribution < -0.4 is 4.90 Å². The van der Waals surface area contributed by atoms with E-state index < -0.39 is 0 Å². The number of rotatable bonds is 5. The molecule has 1 fully saturated rings. The van der Waals surface area contributed by atoms with E-state index in [1.807, 2.05) is 66.4 Å². The number of piperazine rings is 1. The van der Waals surface area contributed by atoms with Crippen LogP contribution in [0.15, 0.2) is 78.9 Å². The summed E-state index contributed by atoms with van der Waals surface area (Å²) in [5, 5.41) is 0.742. The zero-order valence-corrected chi connectivity index (χ0v) is 18.8. The Labute approximate surface area is 189 Å². The lowest BCUT2D eigenvalue weighted by molar-refractivity contribution is 0.0597. The molecule has 0 radical (unpaired) electrons. The Balaban J connectivity index is 1.51. The molecular weight excluding hydrogens is 406 g/mol. The average Bonchev–Trinajstić information content (AvgIpc) is 2.81. The van der Waals surface area contributed by atoms with Gasteiger partial charge in [0.25, 0.3) is 5.91 Å². The molecule has 1 amide bonds. The Kier molecular flexibility index (Phi) is 6.59. The molecule has 1 aliphatic heterocycles. The maximum absolute atomic E-state index is 13.1. The molecule has 0 aromatic heterocycles. The van der Waals surface area contributed by atoms with Crippen molar-refractivity contribution in [3.05, 3.63) is 101 Å². The summed E-state index contributed by atoms with van der Waals surface area (Å²) in [5.74, 6) is 0.103. The van der Waals surface area contributed by atoms with E-state index in [9.17, 15) is 4.79 Å². The van der Waals surface area contributed by atoms with Crippen LogP contribution in [0.5, 0.6) is 0 Å². The third-order valence-electron chi connectivity index (χ3n) is 5.88. The van der Waals surface area contributed by atoms with Crippen LogP contribution in [0, 0.1) is 0 Å². The Morgan fingerprint density at radius 3 is 2.13 bits per heavy atom. The van der Waals surface area contributed by atoms with Gasteiger partial charge in [0.2, 0.25) is 0 Å². The van der Waals surface area contributed by atoms with Gasteiger partial charge in [0.1, 0.15) is 0 Å². The van der Waals surface area contributed by atoms with E-state index >= 15 is 0 Å². The van der Waals surface area contributed by atoms with Gasteiger partial charge in [-0.2, -0.15) is 0 Å². The van der Waals surface area contributed by atoms with Crippen LogP contribution in [0.25, 0.3) is 0 Å². The van der Waals surface area contributed by atoms with Crippen LogP contribution >= 0.6 is 11.6 Å². The topological polar surface area (TPSA) is 26.8 Å². The minimum Gasteiger partial charge on any atom is -0.378 e. The van der Waals surface area contributed by atoms with Crippen LogP contribution in [-0.2, 0) is 0 Å². The van der Waals surface area contributed by atoms with Gasteiger partial charge < -0.3 is 9.80 Å². The van der Waals surface area contributed by atoms with E-state index in [1.54, 1.807) is 0 Å². The Bertz CT molecular complexity index is 1010. The molecule has 0 N–H and O–H groups in total. The summed E-state index contributed by atoms with van der Waals surface area (Å²) in [5.41, 5.74) is 4.26. The maximum Gasteiger partial charge on any atom is 0.254 e. The highest BCUT2D eigenvalue weighted by Crippen LogP contribution is 2.30. The summed E-state index contributed by atoms with van der Waals surface area (Å²) in [6, 6.07) is 26.6. The lowest BCUT2D eigenvalue weighted by atomic mass is 9.96. The highest BCUT2D eigenvalue weighted by Gasteiger charge is 2.28. The Morgan fingerprint density at radius 2 is 1.48 bits per heavy atom. The molecule has 3 aromatic carbocycles. The lowest BCUT2D eigenvalue weighted by Crippen LogP contribution is -2.49. The number of anilines is 1. The standard InChI is InChI=1S/C26H28ClN3O/c1-28(2)24-10-6-9-22(19-24)26(31)30-17-15-29(16-18-30)25(20-7-4-3-5-8-20)21-11-13-23(27)14-12-21/h3-14,19,25H,15-18H2,1-2H3/t25-/m0/s1. The number of benzene rings is 3. The summed E-state index contributed by atoms with van der Waals surface area (Å²) in [4.78, 5) is 19.5. The van der Waals surface area contributed by atoms with Gasteiger partial charge in [-0.25, -0.2) is 0 Å². The van der Waals surface area contributed by atoms with Crippen molar-refractivity contribution in [3.8, 4) is 0 Å². The highest BCUT2D eigenvalue weighted by atomic mass is 35.5. The predicted molar refractivity (Wildman–Crippen MR) is 128 cm³/mol. The van der Waals surface area contributed by atoms with E-state index in [1.165, 1.54) is 11.1 Å². The minimum absolute atomic E-state index is 0.103. The molecule has 4 rings (SSSR count). The number of hydrogen-bond donors (Lipinski definition) is 0. The zero-order valence-electron chi connectivity index (χ0n) is 18.0. The highest BCUT2D eigenvalue weighted by molar-refractivity contribution is 6.30. The summed E-state index contributed by atoms with van der Waals surface area (Å²) in [6.07, 6.45) is 0. The van der Waals surface area contributed by atoms with E-state index in [0.717, 1.165) is 29.4 Å². The van der Waals surface area contributed by atoms with Crippen LogP contribution in [0.2, 0.25) is 5.02 Å². The molecule has 0 unspecified atom stereocenters. The number of amides is 1. The molecule has 3 aromatic rings. The molecule has 0 spiro atoms. The Hall–Kier alpha value is -2.82. The van der Waals surface area contributed by atoms with Gasteiger partial charge in [-0.3, -0.25) is 9.69 Å². The molecule has 1 aliphatic rings. The van der Waals surface area contributed by atoms with Crippen LogP contribution in [-0.4, -0.2) is 56.0 Å². The molecule has 0 aliphatic carbocycles. The summed E-state index contributed by atoms with van der Waals surface area (Å²) in [6.45, 7) is 3.06. The first-order valence-corrected chi connectivity index (χ1v) is 11.0. The van der Waals surface area contributed by atoms with Crippen molar-refractivity contribution in [1.29, 1.82) is 0 Å². The summed E-state index contributed by atoms with van der Waals surface area (Å²) < 4.78 is 0. The smallest absolute Gasteiger partial charge is 0.254 e. The molecule has 0 saturated carbocycles. The van der Waals surface area contributed by atoms with Crippen molar-refractivity contribution >= 4 is 23.2 Å². The molecule has 1 heterocycles. The summed E-state index contributed by atoms with van der Waals surface area (Å²) >= 11 is 6.13. The van der Waals surface area contributed by atoms with Gasteiger partial charge in [0.15, 0.2) is 0 Å². The summed E-state index contributed by atoms with van der Waals surface area (Å²) in [7, 11) is 3.98. The molecule has 4 nitrogen and oxygen atoms in total. The molecular formula is C26H28ClN3O. The predicted octanol–water partition coefficient (Wildman–Crippen LogP) is 4.95. The second-order valence-electron chi connectivity index (χ2n) is 8.14. The number of carbonyl (C=O) groups is 1. The third kappa shape index (κ3) is 4.92. The monoisotopic (exact) mass is 433 g/mol. The van der Waals surface area contributed by atoms with Crippen molar-refractivity contribution in [2.75, 3.05) is 45.2 Å². The minimum atomic E-state index is 0.103. The van der Waals surface area contributed by atoms with Gasteiger partial charge in [-0.05, 0) is 41.5 Å². The molecule has 1 saturated heterocycles. The number of halogens is 1. The molecule has 5 heteroatoms. The first-order chi connectivity index (χ1) is 15.0. The molecule has 31 heavy (non-hydrogen) atoms. The number of hydrogen-bond acceptors (Lipinski definition) is 3. The van der Waals surface area contributed by atoms with Crippen molar-refractivity contribution in [2.24, 2.45) is 0 Å². The molecule has 0 bridgehead atoms. The SMILES string of the molecule is CN(C)c1cccc(C(=O)N2CCN([C@@H](c3ccccc3)c3ccc(Cl)cc3)CC2)c1. The fourth-order valence-electron chi connectivity index (χ4n) is 4.18.